The van der Waals surface area contributed by atoms with E-state index < -0.39 is 0 Å². The molecular formula is C10H6BrIO2. The molecule has 4 heteroatoms. The van der Waals surface area contributed by atoms with Gasteiger partial charge in [0.15, 0.2) is 0 Å². The molecule has 0 spiro atoms. The maximum absolute atomic E-state index is 9.85. The Bertz CT molecular complexity index is 451. The van der Waals surface area contributed by atoms with Crippen LogP contribution in [0.15, 0.2) is 39.4 Å². The molecule has 0 fully saturated rings. The van der Waals surface area contributed by atoms with Crippen molar-refractivity contribution in [3.05, 3.63) is 38.6 Å². The quantitative estimate of drug-likeness (QED) is 0.775. The van der Waals surface area contributed by atoms with Crippen LogP contribution in [0.1, 0.15) is 0 Å². The number of hydrogen-bond acceptors (Lipinski definition) is 2. The zero-order valence-electron chi connectivity index (χ0n) is 7.00. The first-order chi connectivity index (χ1) is 6.70. The minimum absolute atomic E-state index is 0.245. The van der Waals surface area contributed by atoms with Crippen LogP contribution in [0.2, 0.25) is 0 Å². The molecule has 0 aliphatic heterocycles. The minimum Gasteiger partial charge on any atom is -0.506 e. The molecule has 0 radical (unpaired) electrons. The van der Waals surface area contributed by atoms with Crippen molar-refractivity contribution in [2.75, 3.05) is 0 Å². The Labute approximate surface area is 103 Å². The van der Waals surface area contributed by atoms with Gasteiger partial charge < -0.3 is 9.52 Å². The Morgan fingerprint density at radius 1 is 1.29 bits per heavy atom. The summed E-state index contributed by atoms with van der Waals surface area (Å²) < 4.78 is 6.87. The van der Waals surface area contributed by atoms with Gasteiger partial charge in [-0.05, 0) is 62.8 Å². The van der Waals surface area contributed by atoms with E-state index in [1.165, 1.54) is 0 Å². The van der Waals surface area contributed by atoms with Crippen LogP contribution < -0.4 is 0 Å². The zero-order valence-corrected chi connectivity index (χ0v) is 10.7. The number of halogens is 2. The second kappa shape index (κ2) is 3.94. The maximum atomic E-state index is 9.85. The predicted octanol–water partition coefficient (Wildman–Crippen LogP) is 4.02. The van der Waals surface area contributed by atoms with E-state index in [1.807, 2.05) is 18.2 Å². The van der Waals surface area contributed by atoms with E-state index in [1.54, 1.807) is 12.3 Å². The second-order valence-electron chi connectivity index (χ2n) is 2.73. The number of furan rings is 1. The highest BCUT2D eigenvalue weighted by Crippen LogP contribution is 2.38. The first kappa shape index (κ1) is 10.0. The summed E-state index contributed by atoms with van der Waals surface area (Å²) in [6.45, 7) is 0. The van der Waals surface area contributed by atoms with Gasteiger partial charge in [0.1, 0.15) is 11.5 Å². The highest BCUT2D eigenvalue weighted by molar-refractivity contribution is 14.1. The number of aromatic hydroxyl groups is 1. The van der Waals surface area contributed by atoms with Crippen LogP contribution in [-0.4, -0.2) is 5.11 Å². The highest BCUT2D eigenvalue weighted by atomic mass is 127. The molecule has 0 amide bonds. The number of phenolic OH excluding ortho intramolecular Hbond substituents is 1. The third-order valence-corrected chi connectivity index (χ3v) is 3.38. The number of benzene rings is 1. The fourth-order valence-electron chi connectivity index (χ4n) is 1.20. The molecule has 1 aromatic heterocycles. The van der Waals surface area contributed by atoms with Gasteiger partial charge in [0.25, 0.3) is 0 Å². The lowest BCUT2D eigenvalue weighted by molar-refractivity contribution is 0.469. The third-order valence-electron chi connectivity index (χ3n) is 1.85. The van der Waals surface area contributed by atoms with Crippen LogP contribution >= 0.6 is 38.5 Å². The van der Waals surface area contributed by atoms with E-state index in [-0.39, 0.29) is 5.75 Å². The predicted molar refractivity (Wildman–Crippen MR) is 66.2 cm³/mol. The van der Waals surface area contributed by atoms with Crippen LogP contribution in [-0.2, 0) is 0 Å². The molecule has 1 heterocycles. The van der Waals surface area contributed by atoms with E-state index in [0.29, 0.717) is 11.3 Å². The molecule has 1 N–H and O–H groups in total. The van der Waals surface area contributed by atoms with Crippen molar-refractivity contribution in [1.82, 2.24) is 0 Å². The van der Waals surface area contributed by atoms with Gasteiger partial charge in [0.05, 0.1) is 15.4 Å². The fraction of sp³-hybridized carbons (Fsp3) is 0. The lowest BCUT2D eigenvalue weighted by Gasteiger charge is -2.05. The smallest absolute Gasteiger partial charge is 0.141 e. The van der Waals surface area contributed by atoms with Crippen molar-refractivity contribution >= 4 is 38.5 Å². The summed E-state index contributed by atoms with van der Waals surface area (Å²) in [7, 11) is 0. The Hall–Kier alpha value is -0.490. The van der Waals surface area contributed by atoms with E-state index >= 15 is 0 Å². The molecule has 0 aliphatic rings. The van der Waals surface area contributed by atoms with E-state index in [4.69, 9.17) is 4.42 Å². The Morgan fingerprint density at radius 3 is 2.71 bits per heavy atom. The second-order valence-corrected chi connectivity index (χ2v) is 4.75. The summed E-state index contributed by atoms with van der Waals surface area (Å²) in [5.74, 6) is 0.905. The Balaban J connectivity index is 2.69. The monoisotopic (exact) mass is 364 g/mol. The van der Waals surface area contributed by atoms with Gasteiger partial charge in [-0.2, -0.15) is 0 Å². The summed E-state index contributed by atoms with van der Waals surface area (Å²) in [6.07, 6.45) is 1.58. The number of hydrogen-bond donors (Lipinski definition) is 1. The van der Waals surface area contributed by atoms with Crippen LogP contribution in [0, 0.1) is 3.57 Å². The Morgan fingerprint density at radius 2 is 2.07 bits per heavy atom. The molecule has 72 valence electrons. The highest BCUT2D eigenvalue weighted by Gasteiger charge is 2.13. The van der Waals surface area contributed by atoms with Crippen molar-refractivity contribution in [2.45, 2.75) is 0 Å². The first-order valence-corrected chi connectivity index (χ1v) is 5.78. The van der Waals surface area contributed by atoms with Gasteiger partial charge in [-0.15, -0.1) is 0 Å². The largest absolute Gasteiger partial charge is 0.506 e. The molecule has 0 unspecified atom stereocenters. The van der Waals surface area contributed by atoms with Gasteiger partial charge in [-0.1, -0.05) is 0 Å². The lowest BCUT2D eigenvalue weighted by atomic mass is 10.1. The molecule has 14 heavy (non-hydrogen) atoms. The molecule has 2 aromatic rings. The molecular weight excluding hydrogens is 359 g/mol. The van der Waals surface area contributed by atoms with Crippen molar-refractivity contribution in [1.29, 1.82) is 0 Å². The average molecular weight is 365 g/mol. The average Bonchev–Trinajstić information content (AvgIpc) is 2.65. The van der Waals surface area contributed by atoms with E-state index in [0.717, 1.165) is 8.04 Å². The van der Waals surface area contributed by atoms with E-state index in [2.05, 4.69) is 38.5 Å². The van der Waals surface area contributed by atoms with Crippen LogP contribution in [0.5, 0.6) is 5.75 Å². The molecule has 0 bridgehead atoms. The van der Waals surface area contributed by atoms with E-state index in [9.17, 15) is 5.11 Å². The van der Waals surface area contributed by atoms with Gasteiger partial charge in [0, 0.05) is 4.47 Å². The summed E-state index contributed by atoms with van der Waals surface area (Å²) in [4.78, 5) is 0. The molecule has 1 aromatic carbocycles. The number of rotatable bonds is 1. The number of phenols is 1. The molecule has 2 nitrogen and oxygen atoms in total. The molecule has 0 saturated heterocycles. The van der Waals surface area contributed by atoms with Crippen LogP contribution in [0.4, 0.5) is 0 Å². The van der Waals surface area contributed by atoms with Crippen molar-refractivity contribution in [2.24, 2.45) is 0 Å². The first-order valence-electron chi connectivity index (χ1n) is 3.91. The molecule has 0 saturated carbocycles. The minimum atomic E-state index is 0.245. The van der Waals surface area contributed by atoms with Gasteiger partial charge in [0.2, 0.25) is 0 Å². The normalized spacial score (nSPS) is 10.4. The summed E-state index contributed by atoms with van der Waals surface area (Å²) in [5, 5.41) is 9.85. The fourth-order valence-corrected chi connectivity index (χ4v) is 2.16. The SMILES string of the molecule is Oc1c(I)ccc(Br)c1-c1ccco1. The van der Waals surface area contributed by atoms with Crippen LogP contribution in [0.25, 0.3) is 11.3 Å². The lowest BCUT2D eigenvalue weighted by Crippen LogP contribution is -1.82. The molecule has 2 rings (SSSR count). The van der Waals surface area contributed by atoms with Crippen LogP contribution in [0.3, 0.4) is 0 Å². The van der Waals surface area contributed by atoms with Gasteiger partial charge in [-0.3, -0.25) is 0 Å². The molecule has 0 aliphatic carbocycles. The maximum Gasteiger partial charge on any atom is 0.141 e. The summed E-state index contributed by atoms with van der Waals surface area (Å²) in [5.41, 5.74) is 0.696. The standard InChI is InChI=1S/C10H6BrIO2/c11-6-3-4-7(12)10(13)9(6)8-2-1-5-14-8/h1-5,13H. The van der Waals surface area contributed by atoms with Gasteiger partial charge >= 0.3 is 0 Å². The molecule has 0 atom stereocenters. The van der Waals surface area contributed by atoms with Gasteiger partial charge in [-0.25, -0.2) is 0 Å². The third kappa shape index (κ3) is 1.68. The van der Waals surface area contributed by atoms with Crippen molar-refractivity contribution in [3.63, 3.8) is 0 Å². The van der Waals surface area contributed by atoms with Crippen molar-refractivity contribution < 1.29 is 9.52 Å². The summed E-state index contributed by atoms with van der Waals surface area (Å²) in [6, 6.07) is 7.34. The topological polar surface area (TPSA) is 33.4 Å². The van der Waals surface area contributed by atoms with Crippen molar-refractivity contribution in [3.8, 4) is 17.1 Å². The zero-order chi connectivity index (χ0) is 10.1. The summed E-state index contributed by atoms with van der Waals surface area (Å²) >= 11 is 5.46. The Kier molecular flexibility index (Phi) is 2.83.